The third-order valence-corrected chi connectivity index (χ3v) is 3.39. The Morgan fingerprint density at radius 2 is 1.75 bits per heavy atom. The SMILES string of the molecule is Cc1ccc(-c2nc3c4ccccc4ncn3n2)cc1. The van der Waals surface area contributed by atoms with Crippen LogP contribution in [-0.4, -0.2) is 19.6 Å². The number of para-hydroxylation sites is 1. The number of nitrogens with zero attached hydrogens (tertiary/aromatic N) is 4. The second-order valence-corrected chi connectivity index (χ2v) is 4.83. The van der Waals surface area contributed by atoms with Gasteiger partial charge in [0.2, 0.25) is 0 Å². The van der Waals surface area contributed by atoms with E-state index in [9.17, 15) is 0 Å². The van der Waals surface area contributed by atoms with Crippen LogP contribution in [0.1, 0.15) is 5.56 Å². The average molecular weight is 260 g/mol. The van der Waals surface area contributed by atoms with Gasteiger partial charge < -0.3 is 0 Å². The Balaban J connectivity index is 1.98. The zero-order valence-corrected chi connectivity index (χ0v) is 11.0. The minimum Gasteiger partial charge on any atom is -0.236 e. The highest BCUT2D eigenvalue weighted by atomic mass is 15.3. The molecule has 0 unspecified atom stereocenters. The van der Waals surface area contributed by atoms with E-state index in [0.29, 0.717) is 0 Å². The van der Waals surface area contributed by atoms with E-state index >= 15 is 0 Å². The lowest BCUT2D eigenvalue weighted by Crippen LogP contribution is -1.90. The Morgan fingerprint density at radius 3 is 2.60 bits per heavy atom. The summed E-state index contributed by atoms with van der Waals surface area (Å²) < 4.78 is 1.73. The first-order valence-electron chi connectivity index (χ1n) is 6.48. The molecular weight excluding hydrogens is 248 g/mol. The molecule has 0 saturated carbocycles. The van der Waals surface area contributed by atoms with Crippen LogP contribution < -0.4 is 0 Å². The van der Waals surface area contributed by atoms with Gasteiger partial charge >= 0.3 is 0 Å². The average Bonchev–Trinajstić information content (AvgIpc) is 2.92. The van der Waals surface area contributed by atoms with Crippen LogP contribution >= 0.6 is 0 Å². The fourth-order valence-electron chi connectivity index (χ4n) is 2.30. The zero-order chi connectivity index (χ0) is 13.5. The fourth-order valence-corrected chi connectivity index (χ4v) is 2.30. The molecule has 4 nitrogen and oxygen atoms in total. The number of hydrogen-bond acceptors (Lipinski definition) is 3. The van der Waals surface area contributed by atoms with E-state index in [0.717, 1.165) is 27.9 Å². The normalized spacial score (nSPS) is 11.2. The molecule has 0 atom stereocenters. The van der Waals surface area contributed by atoms with Crippen LogP contribution in [0.25, 0.3) is 27.9 Å². The smallest absolute Gasteiger partial charge is 0.182 e. The number of aryl methyl sites for hydroxylation is 1. The molecule has 2 aromatic carbocycles. The van der Waals surface area contributed by atoms with Gasteiger partial charge in [0.1, 0.15) is 6.33 Å². The summed E-state index contributed by atoms with van der Waals surface area (Å²) in [5, 5.41) is 5.52. The lowest BCUT2D eigenvalue weighted by Gasteiger charge is -1.96. The minimum absolute atomic E-state index is 0.725. The Labute approximate surface area is 115 Å². The topological polar surface area (TPSA) is 43.1 Å². The van der Waals surface area contributed by atoms with Crippen LogP contribution in [0.15, 0.2) is 54.9 Å². The maximum atomic E-state index is 4.65. The van der Waals surface area contributed by atoms with Crippen molar-refractivity contribution in [2.75, 3.05) is 0 Å². The molecule has 20 heavy (non-hydrogen) atoms. The third-order valence-electron chi connectivity index (χ3n) is 3.39. The summed E-state index contributed by atoms with van der Waals surface area (Å²) in [5.41, 5.74) is 4.02. The third kappa shape index (κ3) is 1.66. The second kappa shape index (κ2) is 4.13. The Hall–Kier alpha value is -2.75. The molecule has 0 spiro atoms. The van der Waals surface area contributed by atoms with E-state index in [1.807, 2.05) is 36.4 Å². The first-order chi connectivity index (χ1) is 9.81. The highest BCUT2D eigenvalue weighted by Gasteiger charge is 2.09. The number of hydrogen-bond donors (Lipinski definition) is 0. The maximum absolute atomic E-state index is 4.65. The van der Waals surface area contributed by atoms with Crippen molar-refractivity contribution in [2.24, 2.45) is 0 Å². The van der Waals surface area contributed by atoms with Crippen molar-refractivity contribution in [3.05, 3.63) is 60.4 Å². The van der Waals surface area contributed by atoms with E-state index in [2.05, 4.69) is 34.1 Å². The minimum atomic E-state index is 0.725. The van der Waals surface area contributed by atoms with E-state index in [1.54, 1.807) is 10.8 Å². The molecule has 0 amide bonds. The molecule has 96 valence electrons. The molecule has 4 heteroatoms. The summed E-state index contributed by atoms with van der Waals surface area (Å²) in [6, 6.07) is 16.2. The van der Waals surface area contributed by atoms with Crippen LogP contribution in [0.4, 0.5) is 0 Å². The van der Waals surface area contributed by atoms with Gasteiger partial charge in [0.25, 0.3) is 0 Å². The zero-order valence-electron chi connectivity index (χ0n) is 11.0. The molecule has 0 aliphatic carbocycles. The molecule has 4 rings (SSSR count). The van der Waals surface area contributed by atoms with Crippen molar-refractivity contribution in [3.8, 4) is 11.4 Å². The van der Waals surface area contributed by atoms with E-state index in [-0.39, 0.29) is 0 Å². The van der Waals surface area contributed by atoms with Crippen LogP contribution in [0, 0.1) is 6.92 Å². The first kappa shape index (κ1) is 11.1. The number of aromatic nitrogens is 4. The molecule has 0 bridgehead atoms. The van der Waals surface area contributed by atoms with E-state index in [1.165, 1.54) is 5.56 Å². The first-order valence-corrected chi connectivity index (χ1v) is 6.48. The van der Waals surface area contributed by atoms with Crippen molar-refractivity contribution in [3.63, 3.8) is 0 Å². The van der Waals surface area contributed by atoms with Gasteiger partial charge in [-0.2, -0.15) is 0 Å². The summed E-state index contributed by atoms with van der Waals surface area (Å²) >= 11 is 0. The highest BCUT2D eigenvalue weighted by molar-refractivity contribution is 5.91. The van der Waals surface area contributed by atoms with Crippen molar-refractivity contribution < 1.29 is 0 Å². The van der Waals surface area contributed by atoms with E-state index in [4.69, 9.17) is 0 Å². The van der Waals surface area contributed by atoms with Crippen LogP contribution in [0.3, 0.4) is 0 Å². The van der Waals surface area contributed by atoms with Gasteiger partial charge in [-0.15, -0.1) is 5.10 Å². The Morgan fingerprint density at radius 1 is 0.950 bits per heavy atom. The quantitative estimate of drug-likeness (QED) is 0.527. The fraction of sp³-hybridized carbons (Fsp3) is 0.0625. The Kier molecular flexibility index (Phi) is 2.29. The monoisotopic (exact) mass is 260 g/mol. The predicted molar refractivity (Wildman–Crippen MR) is 78.5 cm³/mol. The number of fused-ring (bicyclic) bond motifs is 3. The molecule has 0 saturated heterocycles. The molecule has 2 aromatic heterocycles. The highest BCUT2D eigenvalue weighted by Crippen LogP contribution is 2.20. The van der Waals surface area contributed by atoms with Crippen LogP contribution in [0.2, 0.25) is 0 Å². The van der Waals surface area contributed by atoms with Crippen molar-refractivity contribution in [1.82, 2.24) is 19.6 Å². The van der Waals surface area contributed by atoms with Gasteiger partial charge in [0, 0.05) is 10.9 Å². The molecular formula is C16H12N4. The van der Waals surface area contributed by atoms with Gasteiger partial charge in [-0.05, 0) is 19.1 Å². The summed E-state index contributed by atoms with van der Waals surface area (Å²) in [4.78, 5) is 9.04. The summed E-state index contributed by atoms with van der Waals surface area (Å²) in [5.74, 6) is 0.725. The van der Waals surface area contributed by atoms with Crippen molar-refractivity contribution in [1.29, 1.82) is 0 Å². The van der Waals surface area contributed by atoms with Crippen molar-refractivity contribution >= 4 is 16.6 Å². The van der Waals surface area contributed by atoms with E-state index < -0.39 is 0 Å². The lowest BCUT2D eigenvalue weighted by atomic mass is 10.1. The molecule has 2 heterocycles. The standard InChI is InChI=1S/C16H12N4/c1-11-6-8-12(9-7-11)15-18-16-13-4-2-3-5-14(13)17-10-20(16)19-15/h2-10H,1H3. The lowest BCUT2D eigenvalue weighted by molar-refractivity contribution is 0.938. The largest absolute Gasteiger partial charge is 0.236 e. The molecule has 0 radical (unpaired) electrons. The molecule has 4 aromatic rings. The maximum Gasteiger partial charge on any atom is 0.182 e. The van der Waals surface area contributed by atoms with Gasteiger partial charge in [-0.1, -0.05) is 42.0 Å². The van der Waals surface area contributed by atoms with Gasteiger partial charge in [-0.3, -0.25) is 0 Å². The summed E-state index contributed by atoms with van der Waals surface area (Å²) in [7, 11) is 0. The molecule has 0 N–H and O–H groups in total. The number of rotatable bonds is 1. The summed E-state index contributed by atoms with van der Waals surface area (Å²) in [6.07, 6.45) is 1.71. The van der Waals surface area contributed by atoms with Gasteiger partial charge in [-0.25, -0.2) is 14.5 Å². The van der Waals surface area contributed by atoms with Gasteiger partial charge in [0.15, 0.2) is 11.5 Å². The predicted octanol–water partition coefficient (Wildman–Crippen LogP) is 3.25. The second-order valence-electron chi connectivity index (χ2n) is 4.83. The number of benzene rings is 2. The molecule has 0 aliphatic heterocycles. The van der Waals surface area contributed by atoms with Crippen LogP contribution in [-0.2, 0) is 0 Å². The summed E-state index contributed by atoms with van der Waals surface area (Å²) in [6.45, 7) is 2.07. The van der Waals surface area contributed by atoms with Crippen molar-refractivity contribution in [2.45, 2.75) is 6.92 Å². The molecule has 0 fully saturated rings. The van der Waals surface area contributed by atoms with Crippen LogP contribution in [0.5, 0.6) is 0 Å². The molecule has 0 aliphatic rings. The Bertz CT molecular complexity index is 907. The van der Waals surface area contributed by atoms with Gasteiger partial charge in [0.05, 0.1) is 5.52 Å².